The number of carbonyl (C=O) groups is 3. The molecule has 0 radical (unpaired) electrons. The van der Waals surface area contributed by atoms with Crippen molar-refractivity contribution in [1.29, 1.82) is 0 Å². The number of H-pyrrole nitrogens is 1. The van der Waals surface area contributed by atoms with Crippen molar-refractivity contribution < 1.29 is 28.2 Å². The third kappa shape index (κ3) is 7.31. The number of hydrogen-bond donors (Lipinski definition) is 1. The average Bonchev–Trinajstić information content (AvgIpc) is 3.28. The van der Waals surface area contributed by atoms with Gasteiger partial charge in [-0.1, -0.05) is 6.07 Å². The zero-order chi connectivity index (χ0) is 32.6. The third-order valence-electron chi connectivity index (χ3n) is 6.30. The van der Waals surface area contributed by atoms with Crippen molar-refractivity contribution in [1.82, 2.24) is 14.5 Å². The van der Waals surface area contributed by atoms with Gasteiger partial charge in [0, 0.05) is 24.5 Å². The zero-order valence-electron chi connectivity index (χ0n) is 26.0. The van der Waals surface area contributed by atoms with Crippen LogP contribution < -0.4 is 15.4 Å². The van der Waals surface area contributed by atoms with Crippen LogP contribution in [0.15, 0.2) is 59.4 Å². The van der Waals surface area contributed by atoms with Crippen LogP contribution in [0.1, 0.15) is 63.3 Å². The molecule has 0 aliphatic heterocycles. The van der Waals surface area contributed by atoms with Crippen molar-refractivity contribution in [3.63, 3.8) is 0 Å². The molecule has 0 fully saturated rings. The summed E-state index contributed by atoms with van der Waals surface area (Å²) in [5.74, 6) is -0.871. The Morgan fingerprint density at radius 1 is 0.932 bits per heavy atom. The summed E-state index contributed by atoms with van der Waals surface area (Å²) in [6, 6.07) is 13.2. The van der Waals surface area contributed by atoms with Gasteiger partial charge in [0.1, 0.15) is 22.7 Å². The number of amides is 3. The topological polar surface area (TPSA) is 127 Å². The summed E-state index contributed by atoms with van der Waals surface area (Å²) in [6.45, 7) is 11.8. The van der Waals surface area contributed by atoms with Gasteiger partial charge in [-0.05, 0) is 96.5 Å². The van der Waals surface area contributed by atoms with E-state index in [1.54, 1.807) is 60.6 Å². The molecular weight excluding hydrogens is 569 g/mol. The van der Waals surface area contributed by atoms with Gasteiger partial charge in [0.2, 0.25) is 0 Å². The molecule has 11 nitrogen and oxygen atoms in total. The molecule has 3 aromatic heterocycles. The van der Waals surface area contributed by atoms with Gasteiger partial charge < -0.3 is 19.4 Å². The van der Waals surface area contributed by atoms with Gasteiger partial charge in [0.15, 0.2) is 5.82 Å². The maximum absolute atomic E-state index is 13.4. The van der Waals surface area contributed by atoms with E-state index in [0.29, 0.717) is 28.0 Å². The minimum Gasteiger partial charge on any atom is -0.443 e. The van der Waals surface area contributed by atoms with Crippen molar-refractivity contribution in [2.24, 2.45) is 0 Å². The van der Waals surface area contributed by atoms with Gasteiger partial charge >= 0.3 is 12.2 Å². The number of hydrogen-bond acceptors (Lipinski definition) is 7. The first-order valence-corrected chi connectivity index (χ1v) is 13.9. The summed E-state index contributed by atoms with van der Waals surface area (Å²) in [7, 11) is 1.54. The third-order valence-corrected chi connectivity index (χ3v) is 6.30. The number of aryl methyl sites for hydroxylation is 1. The number of aromatic amines is 1. The van der Waals surface area contributed by atoms with E-state index in [2.05, 4.69) is 9.97 Å². The number of benzene rings is 1. The fraction of sp³-hybridized carbons (Fsp3) is 0.344. The van der Waals surface area contributed by atoms with Crippen LogP contribution in [0.4, 0.5) is 25.5 Å². The van der Waals surface area contributed by atoms with Crippen molar-refractivity contribution in [2.45, 2.75) is 66.2 Å². The van der Waals surface area contributed by atoms with Crippen LogP contribution in [0.3, 0.4) is 0 Å². The molecule has 0 saturated carbocycles. The normalized spacial score (nSPS) is 11.8. The molecule has 4 aromatic rings. The number of ether oxygens (including phenoxy) is 2. The molecule has 0 spiro atoms. The van der Waals surface area contributed by atoms with E-state index in [9.17, 15) is 23.6 Å². The van der Waals surface area contributed by atoms with Gasteiger partial charge in [-0.15, -0.1) is 0 Å². The van der Waals surface area contributed by atoms with E-state index in [1.807, 2.05) is 0 Å². The second kappa shape index (κ2) is 11.9. The lowest BCUT2D eigenvalue weighted by molar-refractivity contribution is 0.0428. The van der Waals surface area contributed by atoms with Gasteiger partial charge in [-0.2, -0.15) is 4.90 Å². The van der Waals surface area contributed by atoms with Gasteiger partial charge in [0.05, 0.1) is 17.6 Å². The maximum atomic E-state index is 13.4. The molecular formula is C32H36FN5O6. The number of aromatic nitrogens is 3. The molecule has 0 atom stereocenters. The molecule has 0 unspecified atom stereocenters. The fourth-order valence-electron chi connectivity index (χ4n) is 4.37. The molecule has 12 heteroatoms. The van der Waals surface area contributed by atoms with Crippen molar-refractivity contribution in [3.05, 3.63) is 87.7 Å². The van der Waals surface area contributed by atoms with E-state index in [0.717, 1.165) is 4.90 Å². The highest BCUT2D eigenvalue weighted by atomic mass is 19.1. The Kier molecular flexibility index (Phi) is 8.67. The number of nitrogens with zero attached hydrogens (tertiary/aromatic N) is 4. The molecule has 3 heterocycles. The minimum atomic E-state index is -0.943. The Hall–Kier alpha value is -5.00. The quantitative estimate of drug-likeness (QED) is 0.288. The lowest BCUT2D eigenvalue weighted by Gasteiger charge is -2.28. The molecule has 1 aromatic carbocycles. The molecule has 0 saturated heterocycles. The summed E-state index contributed by atoms with van der Waals surface area (Å²) in [5, 5.41) is 0. The summed E-state index contributed by atoms with van der Waals surface area (Å²) in [5.41, 5.74) is 0.387. The van der Waals surface area contributed by atoms with E-state index >= 15 is 0 Å². The van der Waals surface area contributed by atoms with Crippen molar-refractivity contribution >= 4 is 40.6 Å². The summed E-state index contributed by atoms with van der Waals surface area (Å²) in [4.78, 5) is 62.6. The molecule has 0 bridgehead atoms. The lowest BCUT2D eigenvalue weighted by Crippen LogP contribution is -2.44. The van der Waals surface area contributed by atoms with E-state index in [4.69, 9.17) is 9.47 Å². The van der Waals surface area contributed by atoms with Crippen LogP contribution in [-0.2, 0) is 16.0 Å². The average molecular weight is 606 g/mol. The maximum Gasteiger partial charge on any atom is 0.425 e. The van der Waals surface area contributed by atoms with Crippen LogP contribution in [0.25, 0.3) is 11.0 Å². The second-order valence-electron chi connectivity index (χ2n) is 12.3. The minimum absolute atomic E-state index is 0.00933. The number of halogens is 1. The van der Waals surface area contributed by atoms with E-state index in [1.165, 1.54) is 59.0 Å². The van der Waals surface area contributed by atoms with E-state index in [-0.39, 0.29) is 18.1 Å². The first kappa shape index (κ1) is 31.9. The Morgan fingerprint density at radius 2 is 1.52 bits per heavy atom. The van der Waals surface area contributed by atoms with Gasteiger partial charge in [-0.25, -0.2) is 19.0 Å². The fourth-order valence-corrected chi connectivity index (χ4v) is 4.37. The zero-order valence-corrected chi connectivity index (χ0v) is 26.0. The molecule has 4 rings (SSSR count). The SMILES string of the molecule is Cc1cc2[nH]c(Cn3c(C(=O)N(C)c4ccc(F)cc4)cccc3=O)cc2nc1N(C(=O)OC(C)(C)C)C(=O)OC(C)(C)C. The summed E-state index contributed by atoms with van der Waals surface area (Å²) >= 11 is 0. The number of anilines is 2. The predicted octanol–water partition coefficient (Wildman–Crippen LogP) is 6.17. The monoisotopic (exact) mass is 605 g/mol. The predicted molar refractivity (Wildman–Crippen MR) is 165 cm³/mol. The van der Waals surface area contributed by atoms with Crippen LogP contribution >= 0.6 is 0 Å². The lowest BCUT2D eigenvalue weighted by atomic mass is 10.2. The van der Waals surface area contributed by atoms with Gasteiger partial charge in [0.25, 0.3) is 11.5 Å². The summed E-state index contributed by atoms with van der Waals surface area (Å²) in [6.07, 6.45) is -1.89. The Balaban J connectivity index is 1.71. The number of rotatable bonds is 5. The van der Waals surface area contributed by atoms with Crippen LogP contribution in [0.2, 0.25) is 0 Å². The highest BCUT2D eigenvalue weighted by Gasteiger charge is 2.35. The largest absolute Gasteiger partial charge is 0.443 e. The Labute approximate surface area is 254 Å². The second-order valence-corrected chi connectivity index (χ2v) is 12.3. The number of carbonyl (C=O) groups excluding carboxylic acids is 3. The van der Waals surface area contributed by atoms with E-state index < -0.39 is 40.7 Å². The molecule has 0 aliphatic rings. The van der Waals surface area contributed by atoms with Crippen molar-refractivity contribution in [3.8, 4) is 0 Å². The first-order chi connectivity index (χ1) is 20.4. The summed E-state index contributed by atoms with van der Waals surface area (Å²) < 4.78 is 25.7. The standard InChI is InChI=1S/C32H36FN5O6/c1-19-16-23-24(35-27(19)38(29(41)43-31(2,3)4)30(42)44-32(5,6)7)17-21(34-23)18-37-25(10-9-11-26(37)39)28(40)36(8)22-14-12-20(33)13-15-22/h9-17,34H,18H2,1-8H3. The van der Waals surface area contributed by atoms with Crippen molar-refractivity contribution in [2.75, 3.05) is 16.8 Å². The first-order valence-electron chi connectivity index (χ1n) is 13.9. The number of imide groups is 1. The molecule has 1 N–H and O–H groups in total. The molecule has 3 amide bonds. The molecule has 0 aliphatic carbocycles. The van der Waals surface area contributed by atoms with Crippen LogP contribution in [0, 0.1) is 12.7 Å². The molecule has 44 heavy (non-hydrogen) atoms. The molecule has 232 valence electrons. The number of pyridine rings is 2. The highest BCUT2D eigenvalue weighted by molar-refractivity contribution is 6.10. The number of nitrogens with one attached hydrogen (secondary N) is 1. The smallest absolute Gasteiger partial charge is 0.425 e. The van der Waals surface area contributed by atoms with Crippen LogP contribution in [-0.4, -0.2) is 50.9 Å². The van der Waals surface area contributed by atoms with Crippen LogP contribution in [0.5, 0.6) is 0 Å². The Morgan fingerprint density at radius 3 is 2.09 bits per heavy atom. The Bertz CT molecular complexity index is 1750. The van der Waals surface area contributed by atoms with Gasteiger partial charge in [-0.3, -0.25) is 14.2 Å². The highest BCUT2D eigenvalue weighted by Crippen LogP contribution is 2.27. The number of fused-ring (bicyclic) bond motifs is 1.